The van der Waals surface area contributed by atoms with Crippen LogP contribution in [0.4, 0.5) is 10.6 Å². The van der Waals surface area contributed by atoms with Crippen LogP contribution in [0.15, 0.2) is 53.6 Å². The normalized spacial score (nSPS) is 18.5. The van der Waals surface area contributed by atoms with Gasteiger partial charge in [-0.1, -0.05) is 12.1 Å². The fraction of sp³-hybridized carbons (Fsp3) is 0.405. The molecule has 0 spiro atoms. The number of imide groups is 2. The molecule has 17 nitrogen and oxygen atoms in total. The van der Waals surface area contributed by atoms with Gasteiger partial charge in [-0.25, -0.2) is 23.2 Å². The fourth-order valence-electron chi connectivity index (χ4n) is 6.73. The van der Waals surface area contributed by atoms with E-state index in [0.717, 1.165) is 29.6 Å². The van der Waals surface area contributed by atoms with Crippen LogP contribution in [0.25, 0.3) is 0 Å². The smallest absolute Gasteiger partial charge is 0.407 e. The molecule has 0 saturated carbocycles. The van der Waals surface area contributed by atoms with Crippen molar-refractivity contribution >= 4 is 51.3 Å². The number of sulfone groups is 1. The Morgan fingerprint density at radius 2 is 1.73 bits per heavy atom. The zero-order chi connectivity index (χ0) is 39.3. The van der Waals surface area contributed by atoms with Crippen LogP contribution >= 0.6 is 0 Å². The molecule has 4 heterocycles. The molecule has 6 rings (SSSR count). The summed E-state index contributed by atoms with van der Waals surface area (Å²) in [6.07, 6.45) is 5.80. The van der Waals surface area contributed by atoms with Gasteiger partial charge in [0.05, 0.1) is 41.1 Å². The number of piperidine rings is 2. The van der Waals surface area contributed by atoms with Gasteiger partial charge in [0.1, 0.15) is 23.3 Å². The second-order valence-corrected chi connectivity index (χ2v) is 15.6. The summed E-state index contributed by atoms with van der Waals surface area (Å²) in [7, 11) is -3.36. The molecule has 2 saturated heterocycles. The molecule has 18 heteroatoms. The Morgan fingerprint density at radius 1 is 0.982 bits per heavy atom. The number of nitrogens with one attached hydrogen (secondary N) is 2. The molecule has 3 aliphatic heterocycles. The van der Waals surface area contributed by atoms with E-state index in [-0.39, 0.29) is 53.6 Å². The molecule has 3 aliphatic rings. The molecule has 0 radical (unpaired) electrons. The lowest BCUT2D eigenvalue weighted by Gasteiger charge is -2.33. The Hall–Kier alpha value is -5.91. The van der Waals surface area contributed by atoms with Crippen molar-refractivity contribution in [3.05, 3.63) is 76.7 Å². The highest BCUT2D eigenvalue weighted by molar-refractivity contribution is 7.90. The number of aromatic nitrogens is 2. The Bertz CT molecular complexity index is 2130. The van der Waals surface area contributed by atoms with Crippen LogP contribution in [0.2, 0.25) is 0 Å². The van der Waals surface area contributed by atoms with Gasteiger partial charge in [0, 0.05) is 38.2 Å². The topological polar surface area (TPSA) is 237 Å². The Balaban J connectivity index is 0.921. The van der Waals surface area contributed by atoms with Gasteiger partial charge in [0.25, 0.3) is 17.7 Å². The molecule has 2 atom stereocenters. The number of ether oxygens (including phenoxy) is 2. The average molecular weight is 776 g/mol. The van der Waals surface area contributed by atoms with E-state index < -0.39 is 51.5 Å². The van der Waals surface area contributed by atoms with Crippen LogP contribution in [0, 0.1) is 0 Å². The zero-order valence-electron chi connectivity index (χ0n) is 30.1. The van der Waals surface area contributed by atoms with E-state index in [1.54, 1.807) is 18.2 Å². The number of nitrogens with zero attached hydrogens (tertiary/aromatic N) is 4. The van der Waals surface area contributed by atoms with Crippen molar-refractivity contribution in [1.29, 1.82) is 0 Å². The first-order chi connectivity index (χ1) is 26.3. The number of unbranched alkanes of at least 4 members (excludes halogenated alkanes) is 2. The van der Waals surface area contributed by atoms with Crippen LogP contribution in [0.5, 0.6) is 5.75 Å². The maximum absolute atomic E-state index is 13.0. The summed E-state index contributed by atoms with van der Waals surface area (Å²) in [4.78, 5) is 86.4. The lowest BCUT2D eigenvalue weighted by molar-refractivity contribution is -0.136. The molecule has 3 aromatic rings. The predicted octanol–water partition coefficient (Wildman–Crippen LogP) is 1.92. The number of rotatable bonds is 14. The quantitative estimate of drug-likeness (QED) is 0.157. The van der Waals surface area contributed by atoms with Crippen molar-refractivity contribution in [3.63, 3.8) is 0 Å². The largest absolute Gasteiger partial charge is 0.494 e. The summed E-state index contributed by atoms with van der Waals surface area (Å²) in [6.45, 7) is 1.62. The van der Waals surface area contributed by atoms with Crippen LogP contribution in [-0.4, -0.2) is 104 Å². The first-order valence-electron chi connectivity index (χ1n) is 17.9. The molecule has 55 heavy (non-hydrogen) atoms. The Labute approximate surface area is 316 Å². The minimum Gasteiger partial charge on any atom is -0.494 e. The minimum atomic E-state index is -3.36. The molecular formula is C37H41N7O10S. The van der Waals surface area contributed by atoms with E-state index in [1.807, 2.05) is 4.90 Å². The third-order valence-electron chi connectivity index (χ3n) is 9.56. The highest BCUT2D eigenvalue weighted by Crippen LogP contribution is 2.30. The molecule has 1 aromatic heterocycles. The number of fused-ring (bicyclic) bond motifs is 1. The van der Waals surface area contributed by atoms with E-state index in [9.17, 15) is 37.2 Å². The molecule has 2 fully saturated rings. The highest BCUT2D eigenvalue weighted by atomic mass is 32.2. The number of primary amides is 1. The number of carbonyl (C=O) groups excluding carboxylic acids is 6. The summed E-state index contributed by atoms with van der Waals surface area (Å²) in [5.41, 5.74) is 6.99. The van der Waals surface area contributed by atoms with Gasteiger partial charge in [-0.05, 0) is 74.4 Å². The van der Waals surface area contributed by atoms with Gasteiger partial charge in [-0.15, -0.1) is 0 Å². The number of carbonyl (C=O) groups is 6. The van der Waals surface area contributed by atoms with E-state index >= 15 is 0 Å². The summed E-state index contributed by atoms with van der Waals surface area (Å²) < 4.78 is 34.9. The van der Waals surface area contributed by atoms with Gasteiger partial charge >= 0.3 is 6.09 Å². The van der Waals surface area contributed by atoms with Crippen LogP contribution in [0.3, 0.4) is 0 Å². The van der Waals surface area contributed by atoms with Gasteiger partial charge in [0.2, 0.25) is 11.8 Å². The maximum atomic E-state index is 13.0. The Kier molecular flexibility index (Phi) is 11.7. The summed E-state index contributed by atoms with van der Waals surface area (Å²) in [5, 5.41) is 5.08. The van der Waals surface area contributed by atoms with Gasteiger partial charge in [0.15, 0.2) is 9.84 Å². The highest BCUT2D eigenvalue weighted by Gasteiger charge is 2.44. The van der Waals surface area contributed by atoms with Crippen molar-refractivity contribution in [1.82, 2.24) is 25.5 Å². The van der Waals surface area contributed by atoms with E-state index in [1.165, 1.54) is 30.5 Å². The minimum absolute atomic E-state index is 0.0234. The summed E-state index contributed by atoms with van der Waals surface area (Å²) >= 11 is 0. The Morgan fingerprint density at radius 3 is 2.45 bits per heavy atom. The third-order valence-corrected chi connectivity index (χ3v) is 10.7. The number of benzene rings is 2. The maximum Gasteiger partial charge on any atom is 0.407 e. The van der Waals surface area contributed by atoms with E-state index in [0.29, 0.717) is 56.2 Å². The number of alkyl carbamates (subject to hydrolysis) is 1. The molecule has 0 bridgehead atoms. The average Bonchev–Trinajstić information content (AvgIpc) is 3.39. The van der Waals surface area contributed by atoms with Crippen LogP contribution < -0.4 is 26.0 Å². The van der Waals surface area contributed by atoms with E-state index in [4.69, 9.17) is 15.2 Å². The van der Waals surface area contributed by atoms with Crippen LogP contribution in [0.1, 0.15) is 87.4 Å². The van der Waals surface area contributed by atoms with Crippen molar-refractivity contribution in [2.75, 3.05) is 37.5 Å². The molecule has 0 aliphatic carbocycles. The molecule has 2 aromatic carbocycles. The second kappa shape index (κ2) is 16.6. The lowest BCUT2D eigenvalue weighted by Crippen LogP contribution is -2.54. The molecule has 6 amide bonds. The zero-order valence-corrected chi connectivity index (χ0v) is 30.9. The molecular weight excluding hydrogens is 735 g/mol. The van der Waals surface area contributed by atoms with Gasteiger partial charge in [-0.3, -0.25) is 34.2 Å². The van der Waals surface area contributed by atoms with Crippen molar-refractivity contribution < 1.29 is 46.7 Å². The van der Waals surface area contributed by atoms with Gasteiger partial charge < -0.3 is 25.4 Å². The SMILES string of the molecule is CS(=O)(=O)c1ccc(Cc2nc(N3CCCC(NC(=O)OCCCCCOc4ccc5c(c4)C(=O)N(C4CCC(=O)NC4=O)C5=O)C3)cnc2C(N)=O)cc1. The fourth-order valence-corrected chi connectivity index (χ4v) is 7.36. The first-order valence-corrected chi connectivity index (χ1v) is 19.8. The molecule has 290 valence electrons. The predicted molar refractivity (Wildman–Crippen MR) is 195 cm³/mol. The summed E-state index contributed by atoms with van der Waals surface area (Å²) in [6, 6.07) is 9.60. The number of anilines is 1. The van der Waals surface area contributed by atoms with Gasteiger partial charge in [-0.2, -0.15) is 0 Å². The monoisotopic (exact) mass is 775 g/mol. The molecule has 4 N–H and O–H groups in total. The summed E-state index contributed by atoms with van der Waals surface area (Å²) in [5.74, 6) is -2.11. The molecule has 2 unspecified atom stereocenters. The van der Waals surface area contributed by atoms with Crippen LogP contribution in [-0.2, 0) is 30.6 Å². The third kappa shape index (κ3) is 9.25. The number of amides is 6. The van der Waals surface area contributed by atoms with Crippen molar-refractivity contribution in [2.45, 2.75) is 68.3 Å². The van der Waals surface area contributed by atoms with Crippen molar-refractivity contribution in [2.24, 2.45) is 5.73 Å². The lowest BCUT2D eigenvalue weighted by atomic mass is 10.0. The number of hydrogen-bond donors (Lipinski definition) is 3. The standard InChI is InChI=1S/C37H41N7O10S/c1-55(51,52)25-10-7-22(8-11-25)18-28-32(33(38)46)39-20-30(41-28)43-15-5-6-23(21-43)40-37(50)54-17-4-2-3-16-53-24-9-12-26-27(19-24)36(49)44(35(26)48)29-13-14-31(45)42-34(29)47/h7-12,19-20,23,29H,2-6,13-18,21H2,1H3,(H2,38,46)(H,40,50)(H,42,45,47). The number of nitrogens with two attached hydrogens (primary N) is 1. The first kappa shape index (κ1) is 38.8. The van der Waals surface area contributed by atoms with Crippen molar-refractivity contribution in [3.8, 4) is 5.75 Å². The second-order valence-electron chi connectivity index (χ2n) is 13.6. The number of hydrogen-bond acceptors (Lipinski definition) is 13. The van der Waals surface area contributed by atoms with E-state index in [2.05, 4.69) is 20.6 Å².